The van der Waals surface area contributed by atoms with Crippen LogP contribution in [-0.4, -0.2) is 18.0 Å². The molecular weight excluding hydrogens is 436 g/mol. The van der Waals surface area contributed by atoms with Crippen LogP contribution < -0.4 is 0 Å². The molecule has 0 saturated heterocycles. The molecule has 2 aliphatic rings. The maximum Gasteiger partial charge on any atom is 0.513 e. The van der Waals surface area contributed by atoms with Crippen molar-refractivity contribution in [2.24, 2.45) is 5.41 Å². The van der Waals surface area contributed by atoms with Gasteiger partial charge in [-0.3, -0.25) is 4.79 Å². The number of hydrogen-bond donors (Lipinski definition) is 0. The zero-order valence-corrected chi connectivity index (χ0v) is 20.6. The predicted octanol–water partition coefficient (Wildman–Crippen LogP) is 7.82. The van der Waals surface area contributed by atoms with E-state index in [1.54, 1.807) is 13.8 Å². The van der Waals surface area contributed by atoms with Crippen LogP contribution >= 0.6 is 11.6 Å². The van der Waals surface area contributed by atoms with Gasteiger partial charge in [-0.05, 0) is 80.5 Å². The van der Waals surface area contributed by atoms with Gasteiger partial charge in [-0.2, -0.15) is 0 Å². The Morgan fingerprint density at radius 3 is 2.21 bits per heavy atom. The number of allylic oxidation sites excluding steroid dienone is 2. The van der Waals surface area contributed by atoms with E-state index in [0.29, 0.717) is 22.8 Å². The number of ketones is 1. The van der Waals surface area contributed by atoms with Crippen LogP contribution in [0.5, 0.6) is 0 Å². The summed E-state index contributed by atoms with van der Waals surface area (Å²) in [6, 6.07) is 11.9. The average Bonchev–Trinajstić information content (AvgIpc) is 3.00. The fourth-order valence-corrected chi connectivity index (χ4v) is 5.38. The highest BCUT2D eigenvalue weighted by atomic mass is 35.5. The molecule has 4 nitrogen and oxygen atoms in total. The lowest BCUT2D eigenvalue weighted by molar-refractivity contribution is -0.114. The summed E-state index contributed by atoms with van der Waals surface area (Å²) in [5, 5.41) is 0.694. The lowest BCUT2D eigenvalue weighted by Crippen LogP contribution is -2.27. The number of benzene rings is 2. The molecule has 0 bridgehead atoms. The number of Topliss-reactive ketones (excluding diaryl/α,β-unsaturated/α-hetero) is 1. The Balaban J connectivity index is 1.82. The van der Waals surface area contributed by atoms with E-state index in [-0.39, 0.29) is 11.9 Å². The molecule has 1 spiro atoms. The Morgan fingerprint density at radius 1 is 0.970 bits per heavy atom. The minimum absolute atomic E-state index is 0.0472. The number of aryl methyl sites for hydroxylation is 2. The number of ether oxygens (including phenoxy) is 2. The molecular formula is C28H31ClO4. The molecule has 1 saturated carbocycles. The van der Waals surface area contributed by atoms with Gasteiger partial charge in [0.25, 0.3) is 0 Å². The van der Waals surface area contributed by atoms with Crippen molar-refractivity contribution in [3.63, 3.8) is 0 Å². The van der Waals surface area contributed by atoms with Gasteiger partial charge in [0.05, 0.1) is 11.7 Å². The van der Waals surface area contributed by atoms with Gasteiger partial charge in [-0.25, -0.2) is 4.79 Å². The Bertz CT molecular complexity index is 1110. The first-order valence-electron chi connectivity index (χ1n) is 11.7. The highest BCUT2D eigenvalue weighted by Gasteiger charge is 2.49. The molecule has 0 N–H and O–H groups in total. The molecule has 0 radical (unpaired) electrons. The van der Waals surface area contributed by atoms with E-state index < -0.39 is 11.6 Å². The van der Waals surface area contributed by atoms with Gasteiger partial charge in [-0.15, -0.1) is 0 Å². The van der Waals surface area contributed by atoms with Crippen LogP contribution in [0.15, 0.2) is 42.2 Å². The van der Waals surface area contributed by atoms with Crippen LogP contribution in [0.25, 0.3) is 16.7 Å². The third-order valence-electron chi connectivity index (χ3n) is 6.81. The van der Waals surface area contributed by atoms with Crippen LogP contribution in [-0.2, 0) is 14.3 Å². The SMILES string of the molecule is Cc1cc(-c2ccc(Cl)cc2)c(C)cc1C1=C(OC(=O)OC(C)C)C2(CCCCC2)CC1=O. The largest absolute Gasteiger partial charge is 0.513 e. The Labute approximate surface area is 200 Å². The predicted molar refractivity (Wildman–Crippen MR) is 131 cm³/mol. The Kier molecular flexibility index (Phi) is 6.67. The van der Waals surface area contributed by atoms with Gasteiger partial charge in [0.15, 0.2) is 5.78 Å². The van der Waals surface area contributed by atoms with Crippen molar-refractivity contribution >= 4 is 29.1 Å². The van der Waals surface area contributed by atoms with Crippen LogP contribution in [0, 0.1) is 19.3 Å². The van der Waals surface area contributed by atoms with Gasteiger partial charge in [0.2, 0.25) is 0 Å². The minimum atomic E-state index is -0.732. The van der Waals surface area contributed by atoms with Crippen LogP contribution in [0.3, 0.4) is 0 Å². The van der Waals surface area contributed by atoms with Gasteiger partial charge in [0, 0.05) is 16.9 Å². The molecule has 174 valence electrons. The highest BCUT2D eigenvalue weighted by molar-refractivity contribution is 6.30. The first-order valence-corrected chi connectivity index (χ1v) is 12.1. The summed E-state index contributed by atoms with van der Waals surface area (Å²) in [5.74, 6) is 0.561. The molecule has 4 rings (SSSR count). The van der Waals surface area contributed by atoms with E-state index >= 15 is 0 Å². The number of rotatable bonds is 4. The summed E-state index contributed by atoms with van der Waals surface area (Å²) < 4.78 is 11.1. The summed E-state index contributed by atoms with van der Waals surface area (Å²) >= 11 is 6.06. The summed E-state index contributed by atoms with van der Waals surface area (Å²) in [6.45, 7) is 7.62. The lowest BCUT2D eigenvalue weighted by Gasteiger charge is -2.34. The Hall–Kier alpha value is -2.59. The van der Waals surface area contributed by atoms with Crippen molar-refractivity contribution < 1.29 is 19.1 Å². The quantitative estimate of drug-likeness (QED) is 0.431. The topological polar surface area (TPSA) is 52.6 Å². The fourth-order valence-electron chi connectivity index (χ4n) is 5.26. The van der Waals surface area contributed by atoms with Crippen LogP contribution in [0.1, 0.15) is 69.1 Å². The third-order valence-corrected chi connectivity index (χ3v) is 7.06. The van der Waals surface area contributed by atoms with Crippen LogP contribution in [0.4, 0.5) is 4.79 Å². The van der Waals surface area contributed by atoms with Gasteiger partial charge in [-0.1, -0.05) is 55.1 Å². The number of hydrogen-bond acceptors (Lipinski definition) is 4. The van der Waals surface area contributed by atoms with Gasteiger partial charge >= 0.3 is 6.16 Å². The highest BCUT2D eigenvalue weighted by Crippen LogP contribution is 2.54. The summed E-state index contributed by atoms with van der Waals surface area (Å²) in [6.07, 6.45) is 4.28. The second kappa shape index (κ2) is 9.34. The molecule has 0 aliphatic heterocycles. The molecule has 2 aromatic rings. The molecule has 2 aromatic carbocycles. The summed E-state index contributed by atoms with van der Waals surface area (Å²) in [5.41, 5.74) is 5.15. The van der Waals surface area contributed by atoms with Crippen molar-refractivity contribution in [3.8, 4) is 11.1 Å². The Morgan fingerprint density at radius 2 is 1.58 bits per heavy atom. The number of carbonyl (C=O) groups is 2. The maximum atomic E-state index is 13.4. The van der Waals surface area contributed by atoms with Crippen molar-refractivity contribution in [1.29, 1.82) is 0 Å². The molecule has 0 atom stereocenters. The van der Waals surface area contributed by atoms with E-state index in [1.807, 2.05) is 44.2 Å². The maximum absolute atomic E-state index is 13.4. The molecule has 33 heavy (non-hydrogen) atoms. The van der Waals surface area contributed by atoms with E-state index in [4.69, 9.17) is 21.1 Å². The van der Waals surface area contributed by atoms with Gasteiger partial charge < -0.3 is 9.47 Å². The zero-order valence-electron chi connectivity index (χ0n) is 19.8. The van der Waals surface area contributed by atoms with E-state index in [0.717, 1.165) is 59.9 Å². The fraction of sp³-hybridized carbons (Fsp3) is 0.429. The molecule has 0 unspecified atom stereocenters. The number of carbonyl (C=O) groups excluding carboxylic acids is 2. The standard InChI is InChI=1S/C28H31ClO4/c1-17(2)32-27(31)33-26-25(24(30)16-28(26)12-6-5-7-13-28)23-15-18(3)22(14-19(23)4)20-8-10-21(29)11-9-20/h8-11,14-15,17H,5-7,12-13,16H2,1-4H3. The smallest absolute Gasteiger partial charge is 0.431 e. The zero-order chi connectivity index (χ0) is 23.8. The molecule has 0 heterocycles. The molecule has 1 fully saturated rings. The third kappa shape index (κ3) is 4.72. The molecule has 5 heteroatoms. The molecule has 2 aliphatic carbocycles. The van der Waals surface area contributed by atoms with Gasteiger partial charge in [0.1, 0.15) is 5.76 Å². The van der Waals surface area contributed by atoms with Crippen molar-refractivity contribution in [3.05, 3.63) is 63.9 Å². The second-order valence-electron chi connectivity index (χ2n) is 9.65. The average molecular weight is 467 g/mol. The van der Waals surface area contributed by atoms with Crippen molar-refractivity contribution in [2.45, 2.75) is 72.3 Å². The second-order valence-corrected chi connectivity index (χ2v) is 10.1. The van der Waals surface area contributed by atoms with Crippen molar-refractivity contribution in [2.75, 3.05) is 0 Å². The molecule has 0 aromatic heterocycles. The van der Waals surface area contributed by atoms with Crippen LogP contribution in [0.2, 0.25) is 5.02 Å². The normalized spacial score (nSPS) is 17.7. The first kappa shape index (κ1) is 23.6. The molecule has 0 amide bonds. The van der Waals surface area contributed by atoms with E-state index in [1.165, 1.54) is 0 Å². The lowest BCUT2D eigenvalue weighted by atomic mass is 9.72. The summed E-state index contributed by atoms with van der Waals surface area (Å²) in [7, 11) is 0. The van der Waals surface area contributed by atoms with Crippen molar-refractivity contribution in [1.82, 2.24) is 0 Å². The minimum Gasteiger partial charge on any atom is -0.431 e. The summed E-state index contributed by atoms with van der Waals surface area (Å²) in [4.78, 5) is 26.0. The van der Waals surface area contributed by atoms with E-state index in [2.05, 4.69) is 6.07 Å². The number of halogens is 1. The monoisotopic (exact) mass is 466 g/mol. The first-order chi connectivity index (χ1) is 15.7. The van der Waals surface area contributed by atoms with E-state index in [9.17, 15) is 9.59 Å².